The van der Waals surface area contributed by atoms with E-state index in [4.69, 9.17) is 9.47 Å². The van der Waals surface area contributed by atoms with Crippen molar-refractivity contribution < 1.29 is 24.1 Å². The standard InChI is InChI=1S/C21H26N4O5/c1-15(21(26)22-19-9-8-18(30-3)14-20(19)25(27)28)23-10-12-24(13-11-23)16-4-6-17(29-2)7-5-16/h4-9,14-15H,10-13H2,1-3H3,(H,22,26)/p+1/t15-/m0/s1. The average Bonchev–Trinajstić information content (AvgIpc) is 2.78. The third-order valence-electron chi connectivity index (χ3n) is 5.51. The number of nitro benzene ring substituents is 1. The molecule has 1 amide bonds. The summed E-state index contributed by atoms with van der Waals surface area (Å²) in [6, 6.07) is 12.0. The van der Waals surface area contributed by atoms with Crippen molar-refractivity contribution in [3.8, 4) is 11.5 Å². The molecule has 0 radical (unpaired) electrons. The summed E-state index contributed by atoms with van der Waals surface area (Å²) >= 11 is 0. The van der Waals surface area contributed by atoms with Gasteiger partial charge < -0.3 is 24.6 Å². The summed E-state index contributed by atoms with van der Waals surface area (Å²) in [5.74, 6) is 0.949. The minimum absolute atomic E-state index is 0.175. The van der Waals surface area contributed by atoms with Gasteiger partial charge in [0.2, 0.25) is 0 Å². The molecule has 2 N–H and O–H groups in total. The number of nitrogens with zero attached hydrogens (tertiary/aromatic N) is 2. The van der Waals surface area contributed by atoms with Gasteiger partial charge in [-0.1, -0.05) is 0 Å². The number of quaternary nitrogens is 1. The van der Waals surface area contributed by atoms with Crippen molar-refractivity contribution in [2.45, 2.75) is 13.0 Å². The van der Waals surface area contributed by atoms with E-state index in [0.717, 1.165) is 42.5 Å². The molecule has 1 atom stereocenters. The molecule has 2 aromatic rings. The van der Waals surface area contributed by atoms with E-state index in [0.29, 0.717) is 5.75 Å². The second kappa shape index (κ2) is 9.45. The Hall–Kier alpha value is -3.33. The molecule has 1 saturated heterocycles. The predicted molar refractivity (Wildman–Crippen MR) is 114 cm³/mol. The third-order valence-corrected chi connectivity index (χ3v) is 5.51. The third kappa shape index (κ3) is 4.80. The molecular weight excluding hydrogens is 388 g/mol. The van der Waals surface area contributed by atoms with E-state index in [9.17, 15) is 14.9 Å². The summed E-state index contributed by atoms with van der Waals surface area (Å²) in [5, 5.41) is 14.0. The fourth-order valence-corrected chi connectivity index (χ4v) is 3.60. The smallest absolute Gasteiger partial charge is 0.296 e. The van der Waals surface area contributed by atoms with Gasteiger partial charge in [0.1, 0.15) is 17.2 Å². The SMILES string of the molecule is COc1ccc(N2CC[NH+]([C@@H](C)C(=O)Nc3ccc(OC)cc3[N+](=O)[O-])CC2)cc1. The molecule has 0 aliphatic carbocycles. The van der Waals surface area contributed by atoms with E-state index in [1.54, 1.807) is 13.2 Å². The Labute approximate surface area is 175 Å². The molecule has 1 aliphatic heterocycles. The van der Waals surface area contributed by atoms with Gasteiger partial charge in [0.25, 0.3) is 11.6 Å². The summed E-state index contributed by atoms with van der Waals surface area (Å²) in [5.41, 5.74) is 1.11. The van der Waals surface area contributed by atoms with Crippen molar-refractivity contribution in [1.29, 1.82) is 0 Å². The molecule has 0 bridgehead atoms. The molecule has 9 heteroatoms. The Balaban J connectivity index is 1.60. The Morgan fingerprint density at radius 3 is 2.27 bits per heavy atom. The van der Waals surface area contributed by atoms with E-state index < -0.39 is 4.92 Å². The molecule has 0 saturated carbocycles. The highest BCUT2D eigenvalue weighted by molar-refractivity contribution is 5.95. The van der Waals surface area contributed by atoms with Crippen LogP contribution in [-0.4, -0.2) is 57.3 Å². The van der Waals surface area contributed by atoms with E-state index in [2.05, 4.69) is 10.2 Å². The zero-order valence-corrected chi connectivity index (χ0v) is 17.4. The maximum atomic E-state index is 12.7. The summed E-state index contributed by atoms with van der Waals surface area (Å²) in [6.07, 6.45) is 0. The fourth-order valence-electron chi connectivity index (χ4n) is 3.60. The van der Waals surface area contributed by atoms with Crippen LogP contribution < -0.4 is 24.6 Å². The van der Waals surface area contributed by atoms with Crippen molar-refractivity contribution in [2.75, 3.05) is 50.6 Å². The van der Waals surface area contributed by atoms with Gasteiger partial charge in [0, 0.05) is 5.69 Å². The van der Waals surface area contributed by atoms with Gasteiger partial charge in [-0.3, -0.25) is 14.9 Å². The maximum absolute atomic E-state index is 12.7. The largest absolute Gasteiger partial charge is 0.497 e. The minimum atomic E-state index is -0.525. The molecule has 9 nitrogen and oxygen atoms in total. The van der Waals surface area contributed by atoms with Crippen molar-refractivity contribution in [1.82, 2.24) is 0 Å². The first-order valence-corrected chi connectivity index (χ1v) is 9.79. The molecule has 0 aromatic heterocycles. The highest BCUT2D eigenvalue weighted by atomic mass is 16.6. The van der Waals surface area contributed by atoms with Crippen LogP contribution in [0.3, 0.4) is 0 Å². The van der Waals surface area contributed by atoms with Crippen LogP contribution in [0, 0.1) is 10.1 Å². The number of rotatable bonds is 7. The van der Waals surface area contributed by atoms with E-state index in [1.165, 1.54) is 19.2 Å². The molecule has 2 aromatic carbocycles. The van der Waals surface area contributed by atoms with E-state index >= 15 is 0 Å². The van der Waals surface area contributed by atoms with E-state index in [1.807, 2.05) is 31.2 Å². The molecule has 0 unspecified atom stereocenters. The van der Waals surface area contributed by atoms with Crippen molar-refractivity contribution in [2.24, 2.45) is 0 Å². The van der Waals surface area contributed by atoms with Crippen LogP contribution in [0.4, 0.5) is 17.1 Å². The summed E-state index contributed by atoms with van der Waals surface area (Å²) in [4.78, 5) is 27.0. The van der Waals surface area contributed by atoms with Crippen LogP contribution in [0.5, 0.6) is 11.5 Å². The molecule has 3 rings (SSSR count). The topological polar surface area (TPSA) is 98.4 Å². The summed E-state index contributed by atoms with van der Waals surface area (Å²) in [6.45, 7) is 5.09. The second-order valence-corrected chi connectivity index (χ2v) is 7.19. The lowest BCUT2D eigenvalue weighted by Crippen LogP contribution is -3.19. The van der Waals surface area contributed by atoms with E-state index in [-0.39, 0.29) is 23.3 Å². The minimum Gasteiger partial charge on any atom is -0.497 e. The number of nitro groups is 1. The highest BCUT2D eigenvalue weighted by Crippen LogP contribution is 2.29. The molecule has 1 aliphatic rings. The number of nitrogens with one attached hydrogen (secondary N) is 2. The number of piperazine rings is 1. The number of benzene rings is 2. The quantitative estimate of drug-likeness (QED) is 0.523. The lowest BCUT2D eigenvalue weighted by Gasteiger charge is -2.36. The number of methoxy groups -OCH3 is 2. The van der Waals surface area contributed by atoms with Gasteiger partial charge in [0.15, 0.2) is 6.04 Å². The molecule has 160 valence electrons. The monoisotopic (exact) mass is 415 g/mol. The Morgan fingerprint density at radius 2 is 1.70 bits per heavy atom. The second-order valence-electron chi connectivity index (χ2n) is 7.19. The van der Waals surface area contributed by atoms with Crippen molar-refractivity contribution >= 4 is 23.0 Å². The molecule has 0 spiro atoms. The van der Waals surface area contributed by atoms with Crippen LogP contribution in [0.2, 0.25) is 0 Å². The Bertz CT molecular complexity index is 895. The van der Waals surface area contributed by atoms with Crippen LogP contribution in [-0.2, 0) is 4.79 Å². The first-order chi connectivity index (χ1) is 14.4. The summed E-state index contributed by atoms with van der Waals surface area (Å²) in [7, 11) is 3.08. The van der Waals surface area contributed by atoms with Gasteiger partial charge in [-0.15, -0.1) is 0 Å². The first kappa shape index (κ1) is 21.4. The number of carbonyl (C=O) groups is 1. The first-order valence-electron chi connectivity index (χ1n) is 9.79. The van der Waals surface area contributed by atoms with Crippen molar-refractivity contribution in [3.63, 3.8) is 0 Å². The zero-order chi connectivity index (χ0) is 21.7. The molecular formula is C21H27N4O5+. The molecule has 1 fully saturated rings. The van der Waals surface area contributed by atoms with Gasteiger partial charge in [-0.25, -0.2) is 0 Å². The number of ether oxygens (including phenoxy) is 2. The van der Waals surface area contributed by atoms with Crippen LogP contribution in [0.1, 0.15) is 6.92 Å². The Morgan fingerprint density at radius 1 is 1.10 bits per heavy atom. The lowest BCUT2D eigenvalue weighted by atomic mass is 10.2. The highest BCUT2D eigenvalue weighted by Gasteiger charge is 2.30. The van der Waals surface area contributed by atoms with Gasteiger partial charge in [-0.2, -0.15) is 0 Å². The van der Waals surface area contributed by atoms with Crippen LogP contribution in [0.25, 0.3) is 0 Å². The van der Waals surface area contributed by atoms with Crippen molar-refractivity contribution in [3.05, 3.63) is 52.6 Å². The average molecular weight is 415 g/mol. The lowest BCUT2D eigenvalue weighted by molar-refractivity contribution is -0.914. The van der Waals surface area contributed by atoms with Gasteiger partial charge in [0.05, 0.1) is 51.4 Å². The predicted octanol–water partition coefficient (Wildman–Crippen LogP) is 1.34. The number of anilines is 2. The maximum Gasteiger partial charge on any atom is 0.296 e. The summed E-state index contributed by atoms with van der Waals surface area (Å²) < 4.78 is 10.2. The zero-order valence-electron chi connectivity index (χ0n) is 17.4. The van der Waals surface area contributed by atoms with Gasteiger partial charge in [-0.05, 0) is 43.3 Å². The number of hydrogen-bond donors (Lipinski definition) is 2. The fraction of sp³-hybridized carbons (Fsp3) is 0.381. The Kier molecular flexibility index (Phi) is 6.73. The molecule has 1 heterocycles. The van der Waals surface area contributed by atoms with Crippen LogP contribution in [0.15, 0.2) is 42.5 Å². The van der Waals surface area contributed by atoms with Crippen LogP contribution >= 0.6 is 0 Å². The number of hydrogen-bond acceptors (Lipinski definition) is 6. The van der Waals surface area contributed by atoms with Gasteiger partial charge >= 0.3 is 0 Å². The number of carbonyl (C=O) groups excluding carboxylic acids is 1. The molecule has 30 heavy (non-hydrogen) atoms. The number of amides is 1. The normalized spacial score (nSPS) is 15.4.